The van der Waals surface area contributed by atoms with Crippen molar-refractivity contribution < 1.29 is 56.0 Å². The van der Waals surface area contributed by atoms with Gasteiger partial charge in [-0.1, -0.05) is 27.7 Å². The molecule has 0 saturated heterocycles. The third-order valence-electron chi connectivity index (χ3n) is 8.34. The van der Waals surface area contributed by atoms with Crippen molar-refractivity contribution in [1.29, 1.82) is 0 Å². The fraction of sp³-hybridized carbons (Fsp3) is 0.647. The van der Waals surface area contributed by atoms with E-state index in [1.165, 1.54) is 12.7 Å². The predicted octanol–water partition coefficient (Wildman–Crippen LogP) is -4.43. The summed E-state index contributed by atoms with van der Waals surface area (Å²) in [4.78, 5) is 86.0. The van der Waals surface area contributed by atoms with E-state index >= 15 is 0 Å². The minimum Gasteiger partial charge on any atom is -0.548 e. The molecule has 2 aromatic rings. The minimum absolute atomic E-state index is 0. The van der Waals surface area contributed by atoms with Crippen molar-refractivity contribution in [1.82, 2.24) is 41.2 Å². The molecular formula is C34H58CuN12O8. The van der Waals surface area contributed by atoms with Crippen LogP contribution in [0.1, 0.15) is 77.6 Å². The third kappa shape index (κ3) is 19.7. The molecule has 313 valence electrons. The van der Waals surface area contributed by atoms with E-state index in [0.29, 0.717) is 50.2 Å². The molecule has 2 heterocycles. The zero-order valence-corrected chi connectivity index (χ0v) is 32.7. The standard InChI is InChI=1S/2C17H30N6O4.Cu/c2*1-10(2)14(19)16(25)23-13(7-11-8-20-9-21-11)15(24)22-12(17(26)27)5-3-4-6-18;/h2*8-10,12-14H,3-7,18-19H2,1-2H3,(H,20,21)(H,22,24)(H,23,25)(H,26,27);/q;;+2/p-2/t2*12-,13-,14-;/m00./s1. The van der Waals surface area contributed by atoms with Gasteiger partial charge in [0.2, 0.25) is 23.6 Å². The molecular weight excluding hydrogens is 768 g/mol. The topological polar surface area (TPSA) is 358 Å². The number of carbonyl (C=O) groups is 6. The molecule has 0 aliphatic heterocycles. The largest absolute Gasteiger partial charge is 2.00 e. The summed E-state index contributed by atoms with van der Waals surface area (Å²) in [5.74, 6) is -5.26. The number of carbonyl (C=O) groups excluding carboxylic acids is 6. The molecule has 21 heteroatoms. The molecule has 6 atom stereocenters. The van der Waals surface area contributed by atoms with Crippen LogP contribution in [0.5, 0.6) is 0 Å². The second kappa shape index (κ2) is 27.2. The van der Waals surface area contributed by atoms with E-state index < -0.39 is 71.8 Å². The fourth-order valence-electron chi connectivity index (χ4n) is 4.81. The zero-order chi connectivity index (χ0) is 40.8. The summed E-state index contributed by atoms with van der Waals surface area (Å²) in [7, 11) is 0. The van der Waals surface area contributed by atoms with Crippen LogP contribution < -0.4 is 54.4 Å². The van der Waals surface area contributed by atoms with Gasteiger partial charge in [0.25, 0.3) is 0 Å². The van der Waals surface area contributed by atoms with Gasteiger partial charge >= 0.3 is 17.1 Å². The minimum atomic E-state index is -1.39. The maximum atomic E-state index is 12.6. The number of hydrogen-bond acceptors (Lipinski definition) is 14. The van der Waals surface area contributed by atoms with Crippen LogP contribution >= 0.6 is 0 Å². The quantitative estimate of drug-likeness (QED) is 0.0353. The van der Waals surface area contributed by atoms with Crippen LogP contribution in [0.15, 0.2) is 25.0 Å². The first-order chi connectivity index (χ1) is 25.5. The Bertz CT molecular complexity index is 1320. The van der Waals surface area contributed by atoms with Crippen LogP contribution in [0.25, 0.3) is 0 Å². The van der Waals surface area contributed by atoms with Crippen molar-refractivity contribution in [3.8, 4) is 0 Å². The Hall–Kier alpha value is -4.40. The number of carboxylic acids is 2. The number of hydrogen-bond donors (Lipinski definition) is 10. The van der Waals surface area contributed by atoms with E-state index in [2.05, 4.69) is 41.2 Å². The average molecular weight is 826 g/mol. The number of H-pyrrole nitrogens is 2. The van der Waals surface area contributed by atoms with Crippen LogP contribution in [0.4, 0.5) is 0 Å². The average Bonchev–Trinajstić information content (AvgIpc) is 3.84. The zero-order valence-electron chi connectivity index (χ0n) is 31.8. The van der Waals surface area contributed by atoms with Gasteiger partial charge in [-0.2, -0.15) is 0 Å². The first-order valence-corrected chi connectivity index (χ1v) is 18.0. The van der Waals surface area contributed by atoms with E-state index in [0.717, 1.165) is 0 Å². The number of amides is 4. The van der Waals surface area contributed by atoms with E-state index in [9.17, 15) is 39.0 Å². The molecule has 0 fully saturated rings. The second-order valence-corrected chi connectivity index (χ2v) is 13.5. The van der Waals surface area contributed by atoms with Crippen LogP contribution in [0, 0.1) is 11.8 Å². The smallest absolute Gasteiger partial charge is 0.548 e. The Morgan fingerprint density at radius 2 is 0.927 bits per heavy atom. The van der Waals surface area contributed by atoms with Crippen LogP contribution in [0.3, 0.4) is 0 Å². The number of unbranched alkanes of at least 4 members (excludes halogenated alkanes) is 2. The number of nitrogens with two attached hydrogens (primary N) is 4. The first kappa shape index (κ1) is 50.6. The molecule has 14 N–H and O–H groups in total. The maximum absolute atomic E-state index is 12.6. The van der Waals surface area contributed by atoms with Crippen LogP contribution in [-0.2, 0) is 58.7 Å². The third-order valence-corrected chi connectivity index (χ3v) is 8.34. The molecule has 0 aliphatic carbocycles. The Morgan fingerprint density at radius 3 is 1.18 bits per heavy atom. The molecule has 1 radical (unpaired) electrons. The van der Waals surface area contributed by atoms with Gasteiger partial charge in [0.1, 0.15) is 12.1 Å². The van der Waals surface area contributed by atoms with Gasteiger partial charge in [-0.25, -0.2) is 9.97 Å². The maximum Gasteiger partial charge on any atom is 2.00 e. The second-order valence-electron chi connectivity index (χ2n) is 13.5. The molecule has 2 aromatic heterocycles. The molecule has 0 aromatic carbocycles. The number of nitrogens with one attached hydrogen (secondary N) is 6. The van der Waals surface area contributed by atoms with Crippen molar-refractivity contribution in [3.63, 3.8) is 0 Å². The van der Waals surface area contributed by atoms with Gasteiger partial charge in [-0.15, -0.1) is 0 Å². The number of imidazole rings is 2. The molecule has 55 heavy (non-hydrogen) atoms. The monoisotopic (exact) mass is 825 g/mol. The van der Waals surface area contributed by atoms with Gasteiger partial charge in [0, 0.05) is 25.2 Å². The number of nitrogens with zero attached hydrogens (tertiary/aromatic N) is 2. The molecule has 0 aliphatic rings. The Labute approximate surface area is 331 Å². The van der Waals surface area contributed by atoms with E-state index in [-0.39, 0.29) is 54.6 Å². The van der Waals surface area contributed by atoms with Crippen LogP contribution in [-0.4, -0.2) is 105 Å². The number of rotatable bonds is 24. The summed E-state index contributed by atoms with van der Waals surface area (Å²) < 4.78 is 0. The summed E-state index contributed by atoms with van der Waals surface area (Å²) in [6, 6.07) is -5.94. The van der Waals surface area contributed by atoms with Gasteiger partial charge in [0.15, 0.2) is 0 Å². The normalized spacial score (nSPS) is 14.1. The summed E-state index contributed by atoms with van der Waals surface area (Å²) in [5, 5.41) is 32.6. The van der Waals surface area contributed by atoms with Crippen LogP contribution in [0.2, 0.25) is 0 Å². The molecule has 0 saturated carbocycles. The van der Waals surface area contributed by atoms with E-state index in [1.54, 1.807) is 40.1 Å². The van der Waals surface area contributed by atoms with Crippen molar-refractivity contribution in [2.24, 2.45) is 34.8 Å². The number of carboxylic acid groups (broad SMARTS) is 2. The van der Waals surface area contributed by atoms with E-state index in [4.69, 9.17) is 22.9 Å². The molecule has 4 amide bonds. The van der Waals surface area contributed by atoms with Crippen molar-refractivity contribution in [3.05, 3.63) is 36.4 Å². The number of aromatic nitrogens is 4. The van der Waals surface area contributed by atoms with Gasteiger partial charge in [0.05, 0.1) is 60.1 Å². The number of aliphatic carboxylic acids is 2. The van der Waals surface area contributed by atoms with E-state index in [1.807, 2.05) is 0 Å². The molecule has 0 unspecified atom stereocenters. The molecule has 2 rings (SSSR count). The SMILES string of the molecule is CC(C)[C@H](N)C(=O)N[C@@H](Cc1c[nH]cn1)C(=O)N[C@@H](CCCCN)C(=O)[O-].CC(C)[C@H](N)C(=O)N[C@@H](Cc1c[nH]cn1)C(=O)N[C@@H](CCCCN)C(=O)[O-].[Cu+2]. The summed E-state index contributed by atoms with van der Waals surface area (Å²) >= 11 is 0. The summed E-state index contributed by atoms with van der Waals surface area (Å²) in [6.07, 6.45) is 8.98. The molecule has 0 spiro atoms. The Kier molecular flexibility index (Phi) is 25.0. The summed E-state index contributed by atoms with van der Waals surface area (Å²) in [6.45, 7) is 8.01. The van der Waals surface area contributed by atoms with Gasteiger partial charge in [-0.05, 0) is 63.5 Å². The molecule has 20 nitrogen and oxygen atoms in total. The van der Waals surface area contributed by atoms with Crippen molar-refractivity contribution >= 4 is 35.6 Å². The first-order valence-electron chi connectivity index (χ1n) is 18.0. The fourth-order valence-corrected chi connectivity index (χ4v) is 4.81. The number of aromatic amines is 2. The van der Waals surface area contributed by atoms with Crippen molar-refractivity contribution in [2.75, 3.05) is 13.1 Å². The molecule has 0 bridgehead atoms. The van der Waals surface area contributed by atoms with Gasteiger partial charge < -0.3 is 74.0 Å². The Balaban J connectivity index is 0.00000104. The predicted molar refractivity (Wildman–Crippen MR) is 194 cm³/mol. The summed E-state index contributed by atoms with van der Waals surface area (Å²) in [5.41, 5.74) is 23.6. The Morgan fingerprint density at radius 1 is 0.600 bits per heavy atom. The van der Waals surface area contributed by atoms with Crippen molar-refractivity contribution in [2.45, 2.75) is 115 Å². The van der Waals surface area contributed by atoms with Gasteiger partial charge in [-0.3, -0.25) is 19.2 Å².